The van der Waals surface area contributed by atoms with E-state index in [1.807, 2.05) is 25.1 Å². The summed E-state index contributed by atoms with van der Waals surface area (Å²) in [7, 11) is 0. The number of carboxylic acid groups (broad SMARTS) is 1. The standard InChI is InChI=1S/C17H19NO2/c1-3-10-18(12-14-5-6-14)16-8-4-13(2)11-15(16)7-9-17(19)20/h1,4,7-9,11,14H,5-6,10,12H2,2H3,(H,19,20)/b9-7+. The minimum Gasteiger partial charge on any atom is -0.478 e. The third kappa shape index (κ3) is 3.89. The molecule has 0 radical (unpaired) electrons. The first-order valence-corrected chi connectivity index (χ1v) is 6.80. The SMILES string of the molecule is C#CCN(CC1CC1)c1ccc(C)cc1/C=C/C(=O)O. The van der Waals surface area contributed by atoms with Crippen molar-refractivity contribution in [2.75, 3.05) is 18.0 Å². The van der Waals surface area contributed by atoms with Gasteiger partial charge in [-0.15, -0.1) is 6.42 Å². The van der Waals surface area contributed by atoms with Gasteiger partial charge < -0.3 is 10.0 Å². The van der Waals surface area contributed by atoms with Crippen LogP contribution in [0.15, 0.2) is 24.3 Å². The van der Waals surface area contributed by atoms with Crippen LogP contribution in [0.3, 0.4) is 0 Å². The monoisotopic (exact) mass is 269 g/mol. The molecule has 0 saturated heterocycles. The first-order valence-electron chi connectivity index (χ1n) is 6.80. The maximum Gasteiger partial charge on any atom is 0.328 e. The second-order valence-corrected chi connectivity index (χ2v) is 5.26. The minimum absolute atomic E-state index is 0.549. The quantitative estimate of drug-likeness (QED) is 0.637. The van der Waals surface area contributed by atoms with Crippen LogP contribution in [0.4, 0.5) is 5.69 Å². The van der Waals surface area contributed by atoms with Gasteiger partial charge in [0.1, 0.15) is 0 Å². The van der Waals surface area contributed by atoms with Gasteiger partial charge in [-0.1, -0.05) is 17.6 Å². The number of hydrogen-bond donors (Lipinski definition) is 1. The van der Waals surface area contributed by atoms with Crippen LogP contribution >= 0.6 is 0 Å². The fourth-order valence-corrected chi connectivity index (χ4v) is 2.23. The van der Waals surface area contributed by atoms with Crippen molar-refractivity contribution < 1.29 is 9.90 Å². The summed E-state index contributed by atoms with van der Waals surface area (Å²) in [5, 5.41) is 8.80. The summed E-state index contributed by atoms with van der Waals surface area (Å²) >= 11 is 0. The molecule has 1 aliphatic carbocycles. The molecule has 104 valence electrons. The molecule has 1 fully saturated rings. The topological polar surface area (TPSA) is 40.5 Å². The summed E-state index contributed by atoms with van der Waals surface area (Å²) < 4.78 is 0. The smallest absolute Gasteiger partial charge is 0.328 e. The van der Waals surface area contributed by atoms with Gasteiger partial charge in [-0.05, 0) is 49.5 Å². The first kappa shape index (κ1) is 14.2. The Kier molecular flexibility index (Phi) is 4.47. The molecule has 2 rings (SSSR count). The lowest BCUT2D eigenvalue weighted by atomic mass is 10.1. The number of rotatable bonds is 6. The van der Waals surface area contributed by atoms with Crippen LogP contribution in [0.2, 0.25) is 0 Å². The highest BCUT2D eigenvalue weighted by Crippen LogP contribution is 2.33. The van der Waals surface area contributed by atoms with Crippen molar-refractivity contribution in [3.05, 3.63) is 35.4 Å². The van der Waals surface area contributed by atoms with Crippen molar-refractivity contribution in [1.82, 2.24) is 0 Å². The van der Waals surface area contributed by atoms with Gasteiger partial charge >= 0.3 is 5.97 Å². The zero-order valence-corrected chi connectivity index (χ0v) is 11.7. The molecule has 1 aliphatic rings. The zero-order valence-electron chi connectivity index (χ0n) is 11.7. The summed E-state index contributed by atoms with van der Waals surface area (Å²) in [5.41, 5.74) is 3.02. The van der Waals surface area contributed by atoms with E-state index >= 15 is 0 Å². The second kappa shape index (κ2) is 6.29. The molecule has 0 amide bonds. The first-order chi connectivity index (χ1) is 9.60. The van der Waals surface area contributed by atoms with E-state index in [2.05, 4.69) is 10.8 Å². The van der Waals surface area contributed by atoms with Gasteiger partial charge in [-0.3, -0.25) is 0 Å². The maximum absolute atomic E-state index is 10.7. The molecule has 0 bridgehead atoms. The molecule has 0 aliphatic heterocycles. The van der Waals surface area contributed by atoms with Crippen molar-refractivity contribution in [2.24, 2.45) is 5.92 Å². The Morgan fingerprint density at radius 3 is 2.90 bits per heavy atom. The average molecular weight is 269 g/mol. The largest absolute Gasteiger partial charge is 0.478 e. The van der Waals surface area contributed by atoms with E-state index in [1.165, 1.54) is 18.9 Å². The molecule has 20 heavy (non-hydrogen) atoms. The van der Waals surface area contributed by atoms with Crippen molar-refractivity contribution in [3.8, 4) is 12.3 Å². The number of terminal acetylenes is 1. The molecule has 3 heteroatoms. The lowest BCUT2D eigenvalue weighted by Crippen LogP contribution is -2.26. The molecule has 3 nitrogen and oxygen atoms in total. The number of hydrogen-bond acceptors (Lipinski definition) is 2. The lowest BCUT2D eigenvalue weighted by molar-refractivity contribution is -0.131. The Hall–Kier alpha value is -2.21. The highest BCUT2D eigenvalue weighted by atomic mass is 16.4. The van der Waals surface area contributed by atoms with Gasteiger partial charge in [-0.2, -0.15) is 0 Å². The second-order valence-electron chi connectivity index (χ2n) is 5.26. The Morgan fingerprint density at radius 1 is 1.55 bits per heavy atom. The third-order valence-corrected chi connectivity index (χ3v) is 3.39. The van der Waals surface area contributed by atoms with E-state index in [0.717, 1.165) is 29.3 Å². The third-order valence-electron chi connectivity index (χ3n) is 3.39. The van der Waals surface area contributed by atoms with E-state index in [0.29, 0.717) is 6.54 Å². The minimum atomic E-state index is -0.942. The number of aryl methyl sites for hydroxylation is 1. The highest BCUT2D eigenvalue weighted by Gasteiger charge is 2.24. The predicted molar refractivity (Wildman–Crippen MR) is 81.6 cm³/mol. The van der Waals surface area contributed by atoms with E-state index in [1.54, 1.807) is 6.08 Å². The maximum atomic E-state index is 10.7. The van der Waals surface area contributed by atoms with Crippen LogP contribution in [0.5, 0.6) is 0 Å². The van der Waals surface area contributed by atoms with E-state index in [4.69, 9.17) is 11.5 Å². The molecule has 0 atom stereocenters. The number of anilines is 1. The van der Waals surface area contributed by atoms with Gasteiger partial charge in [0.2, 0.25) is 0 Å². The normalized spacial score (nSPS) is 14.2. The van der Waals surface area contributed by atoms with Crippen molar-refractivity contribution in [1.29, 1.82) is 0 Å². The molecule has 0 heterocycles. The van der Waals surface area contributed by atoms with E-state index in [9.17, 15) is 4.79 Å². The van der Waals surface area contributed by atoms with E-state index in [-0.39, 0.29) is 0 Å². The molecule has 1 N–H and O–H groups in total. The summed E-state index contributed by atoms with van der Waals surface area (Å²) in [6, 6.07) is 6.05. The number of nitrogens with zero attached hydrogens (tertiary/aromatic N) is 1. The van der Waals surface area contributed by atoms with Gasteiger partial charge in [0.05, 0.1) is 6.54 Å². The Morgan fingerprint density at radius 2 is 2.30 bits per heavy atom. The van der Waals surface area contributed by atoms with E-state index < -0.39 is 5.97 Å². The number of benzene rings is 1. The number of carbonyl (C=O) groups is 1. The molecule has 1 aromatic carbocycles. The molecule has 0 spiro atoms. The Balaban J connectivity index is 2.31. The molecule has 0 unspecified atom stereocenters. The van der Waals surface area contributed by atoms with Crippen LogP contribution in [0.1, 0.15) is 24.0 Å². The van der Waals surface area contributed by atoms with Gasteiger partial charge in [0.25, 0.3) is 0 Å². The molecule has 1 aromatic rings. The summed E-state index contributed by atoms with van der Waals surface area (Å²) in [6.45, 7) is 3.49. The van der Waals surface area contributed by atoms with Crippen LogP contribution in [-0.4, -0.2) is 24.2 Å². The highest BCUT2D eigenvalue weighted by molar-refractivity contribution is 5.87. The van der Waals surface area contributed by atoms with Crippen LogP contribution in [-0.2, 0) is 4.79 Å². The molecule has 0 aromatic heterocycles. The lowest BCUT2D eigenvalue weighted by Gasteiger charge is -2.24. The summed E-state index contributed by atoms with van der Waals surface area (Å²) in [6.07, 6.45) is 10.8. The predicted octanol–water partition coefficient (Wildman–Crippen LogP) is 2.94. The Labute approximate surface area is 119 Å². The van der Waals surface area contributed by atoms with Crippen LogP contribution < -0.4 is 4.90 Å². The van der Waals surface area contributed by atoms with Crippen LogP contribution in [0, 0.1) is 25.2 Å². The van der Waals surface area contributed by atoms with Crippen molar-refractivity contribution in [3.63, 3.8) is 0 Å². The summed E-state index contributed by atoms with van der Waals surface area (Å²) in [4.78, 5) is 12.9. The zero-order chi connectivity index (χ0) is 14.5. The fraction of sp³-hybridized carbons (Fsp3) is 0.353. The van der Waals surface area contributed by atoms with Crippen LogP contribution in [0.25, 0.3) is 6.08 Å². The average Bonchev–Trinajstić information content (AvgIpc) is 3.20. The molecular weight excluding hydrogens is 250 g/mol. The number of aliphatic carboxylic acids is 1. The molecular formula is C17H19NO2. The van der Waals surface area contributed by atoms with Crippen molar-refractivity contribution in [2.45, 2.75) is 19.8 Å². The Bertz CT molecular complexity index is 565. The summed E-state index contributed by atoms with van der Waals surface area (Å²) in [5.74, 6) is 2.47. The number of carboxylic acids is 1. The van der Waals surface area contributed by atoms with Crippen molar-refractivity contribution >= 4 is 17.7 Å². The molecule has 1 saturated carbocycles. The van der Waals surface area contributed by atoms with Gasteiger partial charge in [0.15, 0.2) is 0 Å². The van der Waals surface area contributed by atoms with Gasteiger partial charge in [-0.25, -0.2) is 4.79 Å². The fourth-order valence-electron chi connectivity index (χ4n) is 2.23. The van der Waals surface area contributed by atoms with Gasteiger partial charge in [0, 0.05) is 18.3 Å².